The van der Waals surface area contributed by atoms with Gasteiger partial charge in [-0.05, 0) is 23.1 Å². The molecule has 4 nitrogen and oxygen atoms in total. The van der Waals surface area contributed by atoms with Crippen LogP contribution in [0.15, 0.2) is 36.7 Å². The van der Waals surface area contributed by atoms with E-state index in [2.05, 4.69) is 43.2 Å². The summed E-state index contributed by atoms with van der Waals surface area (Å²) in [5.74, 6) is 0.705. The van der Waals surface area contributed by atoms with Crippen LogP contribution in [0.25, 0.3) is 0 Å². The highest BCUT2D eigenvalue weighted by atomic mass is 16.1. The number of aromatic nitrogens is 2. The number of benzene rings is 1. The Morgan fingerprint density at radius 2 is 1.90 bits per heavy atom. The van der Waals surface area contributed by atoms with Crippen LogP contribution in [0.4, 0.5) is 5.69 Å². The third-order valence-corrected chi connectivity index (χ3v) is 3.27. The number of hydrogen-bond acceptors (Lipinski definition) is 2. The third kappa shape index (κ3) is 3.47. The minimum Gasteiger partial charge on any atom is -0.338 e. The Labute approximate surface area is 119 Å². The fourth-order valence-corrected chi connectivity index (χ4v) is 1.97. The Hall–Kier alpha value is -2.10. The first kappa shape index (κ1) is 14.3. The second-order valence-corrected chi connectivity index (χ2v) is 6.01. The molecule has 1 aromatic carbocycles. The summed E-state index contributed by atoms with van der Waals surface area (Å²) < 4.78 is 1.85. The van der Waals surface area contributed by atoms with Gasteiger partial charge in [0.05, 0.1) is 6.42 Å². The van der Waals surface area contributed by atoms with Gasteiger partial charge in [-0.3, -0.25) is 4.79 Å². The number of anilines is 1. The zero-order chi connectivity index (χ0) is 14.8. The normalized spacial score (nSPS) is 11.4. The quantitative estimate of drug-likeness (QED) is 0.933. The van der Waals surface area contributed by atoms with Crippen molar-refractivity contribution < 1.29 is 4.79 Å². The van der Waals surface area contributed by atoms with E-state index < -0.39 is 0 Å². The van der Waals surface area contributed by atoms with E-state index in [4.69, 9.17) is 0 Å². The molecule has 1 amide bonds. The lowest BCUT2D eigenvalue weighted by atomic mass is 9.87. The Balaban J connectivity index is 2.00. The molecule has 0 bridgehead atoms. The van der Waals surface area contributed by atoms with E-state index in [9.17, 15) is 4.79 Å². The monoisotopic (exact) mass is 271 g/mol. The van der Waals surface area contributed by atoms with Gasteiger partial charge in [0, 0.05) is 25.1 Å². The molecule has 1 N–H and O–H groups in total. The molecule has 0 radical (unpaired) electrons. The molecule has 1 heterocycles. The van der Waals surface area contributed by atoms with Crippen molar-refractivity contribution in [3.63, 3.8) is 0 Å². The molecule has 106 valence electrons. The number of amides is 1. The fraction of sp³-hybridized carbons (Fsp3) is 0.375. The predicted octanol–water partition coefficient (Wildman–Crippen LogP) is 2.90. The van der Waals surface area contributed by atoms with Crippen molar-refractivity contribution in [2.45, 2.75) is 32.6 Å². The van der Waals surface area contributed by atoms with Gasteiger partial charge >= 0.3 is 0 Å². The first-order valence-corrected chi connectivity index (χ1v) is 6.73. The van der Waals surface area contributed by atoms with Gasteiger partial charge in [0.2, 0.25) is 5.91 Å². The lowest BCUT2D eigenvalue weighted by Crippen LogP contribution is -2.17. The van der Waals surface area contributed by atoms with Gasteiger partial charge in [-0.25, -0.2) is 4.98 Å². The first-order valence-electron chi connectivity index (χ1n) is 6.73. The number of hydrogen-bond donors (Lipinski definition) is 1. The SMILES string of the molecule is Cn1ccnc1CC(=O)Nc1ccc(C(C)(C)C)cc1. The van der Waals surface area contributed by atoms with Crippen LogP contribution in [0.5, 0.6) is 0 Å². The molecular weight excluding hydrogens is 250 g/mol. The molecule has 0 unspecified atom stereocenters. The van der Waals surface area contributed by atoms with E-state index >= 15 is 0 Å². The van der Waals surface area contributed by atoms with Gasteiger partial charge < -0.3 is 9.88 Å². The Bertz CT molecular complexity index is 591. The first-order chi connectivity index (χ1) is 9.36. The van der Waals surface area contributed by atoms with E-state index in [1.54, 1.807) is 6.20 Å². The summed E-state index contributed by atoms with van der Waals surface area (Å²) >= 11 is 0. The fourth-order valence-electron chi connectivity index (χ4n) is 1.97. The smallest absolute Gasteiger partial charge is 0.231 e. The van der Waals surface area contributed by atoms with E-state index in [-0.39, 0.29) is 17.7 Å². The van der Waals surface area contributed by atoms with Gasteiger partial charge in [0.15, 0.2) is 0 Å². The van der Waals surface area contributed by atoms with Gasteiger partial charge in [0.1, 0.15) is 5.82 Å². The van der Waals surface area contributed by atoms with Gasteiger partial charge in [-0.15, -0.1) is 0 Å². The van der Waals surface area contributed by atoms with Crippen molar-refractivity contribution in [2.75, 3.05) is 5.32 Å². The zero-order valence-electron chi connectivity index (χ0n) is 12.5. The Morgan fingerprint density at radius 3 is 2.40 bits per heavy atom. The summed E-state index contributed by atoms with van der Waals surface area (Å²) in [4.78, 5) is 16.1. The third-order valence-electron chi connectivity index (χ3n) is 3.27. The standard InChI is InChI=1S/C16H21N3O/c1-16(2,3)12-5-7-13(8-6-12)18-15(20)11-14-17-9-10-19(14)4/h5-10H,11H2,1-4H3,(H,18,20). The number of aryl methyl sites for hydroxylation is 1. The van der Waals surface area contributed by atoms with Crippen molar-refractivity contribution >= 4 is 11.6 Å². The average Bonchev–Trinajstić information content (AvgIpc) is 2.74. The minimum absolute atomic E-state index is 0.0530. The highest BCUT2D eigenvalue weighted by Crippen LogP contribution is 2.23. The largest absolute Gasteiger partial charge is 0.338 e. The molecule has 0 aliphatic carbocycles. The zero-order valence-corrected chi connectivity index (χ0v) is 12.5. The summed E-state index contributed by atoms with van der Waals surface area (Å²) in [6.07, 6.45) is 3.81. The van der Waals surface area contributed by atoms with Crippen molar-refractivity contribution in [2.24, 2.45) is 7.05 Å². The summed E-state index contributed by atoms with van der Waals surface area (Å²) in [6, 6.07) is 7.99. The maximum Gasteiger partial charge on any atom is 0.231 e. The minimum atomic E-state index is -0.0530. The van der Waals surface area contributed by atoms with E-state index in [0.717, 1.165) is 11.5 Å². The topological polar surface area (TPSA) is 46.9 Å². The molecule has 0 saturated heterocycles. The molecule has 0 aliphatic heterocycles. The van der Waals surface area contributed by atoms with Crippen LogP contribution in [0, 0.1) is 0 Å². The van der Waals surface area contributed by atoms with E-state index in [1.165, 1.54) is 5.56 Å². The predicted molar refractivity (Wildman–Crippen MR) is 80.7 cm³/mol. The summed E-state index contributed by atoms with van der Waals surface area (Å²) in [5.41, 5.74) is 2.19. The molecule has 2 aromatic rings. The van der Waals surface area contributed by atoms with Crippen LogP contribution in [0.3, 0.4) is 0 Å². The molecule has 0 saturated carbocycles. The van der Waals surface area contributed by atoms with Crippen LogP contribution in [-0.4, -0.2) is 15.5 Å². The highest BCUT2D eigenvalue weighted by molar-refractivity contribution is 5.91. The molecular formula is C16H21N3O. The van der Waals surface area contributed by atoms with Crippen molar-refractivity contribution in [3.8, 4) is 0 Å². The highest BCUT2D eigenvalue weighted by Gasteiger charge is 2.13. The van der Waals surface area contributed by atoms with Crippen molar-refractivity contribution in [1.82, 2.24) is 9.55 Å². The number of nitrogens with one attached hydrogen (secondary N) is 1. The van der Waals surface area contributed by atoms with Crippen LogP contribution >= 0.6 is 0 Å². The van der Waals surface area contributed by atoms with Crippen LogP contribution in [0.2, 0.25) is 0 Å². The van der Waals surface area contributed by atoms with E-state index in [1.807, 2.05) is 29.9 Å². The molecule has 20 heavy (non-hydrogen) atoms. The van der Waals surface area contributed by atoms with Gasteiger partial charge in [-0.1, -0.05) is 32.9 Å². The second-order valence-electron chi connectivity index (χ2n) is 6.01. The van der Waals surface area contributed by atoms with Crippen molar-refractivity contribution in [1.29, 1.82) is 0 Å². The molecule has 2 rings (SSSR count). The number of nitrogens with zero attached hydrogens (tertiary/aromatic N) is 2. The second kappa shape index (κ2) is 5.49. The van der Waals surface area contributed by atoms with Crippen molar-refractivity contribution in [3.05, 3.63) is 48.0 Å². The number of imidazole rings is 1. The number of rotatable bonds is 3. The van der Waals surface area contributed by atoms with Gasteiger partial charge in [0.25, 0.3) is 0 Å². The lowest BCUT2D eigenvalue weighted by molar-refractivity contribution is -0.115. The van der Waals surface area contributed by atoms with E-state index in [0.29, 0.717) is 0 Å². The molecule has 0 spiro atoms. The molecule has 0 aliphatic rings. The summed E-state index contributed by atoms with van der Waals surface area (Å²) in [5, 5.41) is 2.89. The molecule has 4 heteroatoms. The van der Waals surface area contributed by atoms with Gasteiger partial charge in [-0.2, -0.15) is 0 Å². The maximum absolute atomic E-state index is 11.9. The summed E-state index contributed by atoms with van der Waals surface area (Å²) in [6.45, 7) is 6.50. The maximum atomic E-state index is 11.9. The molecule has 0 fully saturated rings. The van der Waals surface area contributed by atoms with Crippen LogP contribution in [0.1, 0.15) is 32.2 Å². The lowest BCUT2D eigenvalue weighted by Gasteiger charge is -2.19. The molecule has 1 aromatic heterocycles. The number of carbonyl (C=O) groups is 1. The molecule has 0 atom stereocenters. The number of carbonyl (C=O) groups excluding carboxylic acids is 1. The van der Waals surface area contributed by atoms with Crippen LogP contribution in [-0.2, 0) is 23.7 Å². The Kier molecular flexibility index (Phi) is 3.93. The summed E-state index contributed by atoms with van der Waals surface area (Å²) in [7, 11) is 1.88. The van der Waals surface area contributed by atoms with Crippen LogP contribution < -0.4 is 5.32 Å². The average molecular weight is 271 g/mol. The Morgan fingerprint density at radius 1 is 1.25 bits per heavy atom.